The summed E-state index contributed by atoms with van der Waals surface area (Å²) in [5, 5.41) is 18.1. The van der Waals surface area contributed by atoms with Gasteiger partial charge in [-0.3, -0.25) is 0 Å². The molecule has 24 heavy (non-hydrogen) atoms. The summed E-state index contributed by atoms with van der Waals surface area (Å²) in [5.74, 6) is -1.39. The van der Waals surface area contributed by atoms with Gasteiger partial charge in [0.15, 0.2) is 0 Å². The van der Waals surface area contributed by atoms with Gasteiger partial charge in [-0.2, -0.15) is 0 Å². The van der Waals surface area contributed by atoms with Gasteiger partial charge in [0.25, 0.3) is 0 Å². The molecule has 0 aromatic heterocycles. The lowest BCUT2D eigenvalue weighted by molar-refractivity contribution is 0.0680. The summed E-state index contributed by atoms with van der Waals surface area (Å²) in [4.78, 5) is 22.1. The first kappa shape index (κ1) is 17.3. The van der Waals surface area contributed by atoms with Crippen LogP contribution in [0.5, 0.6) is 11.5 Å². The van der Waals surface area contributed by atoms with E-state index in [-0.39, 0.29) is 11.1 Å². The van der Waals surface area contributed by atoms with E-state index in [0.29, 0.717) is 37.6 Å². The molecule has 0 fully saturated rings. The molecule has 6 heteroatoms. The predicted octanol–water partition coefficient (Wildman–Crippen LogP) is 3.32. The summed E-state index contributed by atoms with van der Waals surface area (Å²) in [6.07, 6.45) is 1.31. The van der Waals surface area contributed by atoms with Crippen LogP contribution in [0, 0.1) is 0 Å². The maximum absolute atomic E-state index is 11.1. The second-order valence-electron chi connectivity index (χ2n) is 5.01. The molecule has 0 aliphatic carbocycles. The van der Waals surface area contributed by atoms with Gasteiger partial charge in [0.1, 0.15) is 22.6 Å². The Morgan fingerprint density at radius 3 is 1.46 bits per heavy atom. The molecule has 0 bridgehead atoms. The number of benzene rings is 2. The number of aromatic carboxylic acids is 2. The smallest absolute Gasteiger partial charge is 0.339 e. The third-order valence-corrected chi connectivity index (χ3v) is 3.29. The van der Waals surface area contributed by atoms with Crippen molar-refractivity contribution in [2.24, 2.45) is 0 Å². The van der Waals surface area contributed by atoms with Crippen LogP contribution >= 0.6 is 0 Å². The quantitative estimate of drug-likeness (QED) is 0.685. The number of hydrogen-bond donors (Lipinski definition) is 2. The van der Waals surface area contributed by atoms with Crippen LogP contribution in [0.2, 0.25) is 0 Å². The molecule has 2 rings (SSSR count). The normalized spacial score (nSPS) is 10.2. The molecule has 2 N–H and O–H groups in total. The fourth-order valence-electron chi connectivity index (χ4n) is 2.11. The fourth-order valence-corrected chi connectivity index (χ4v) is 2.11. The monoisotopic (exact) mass is 330 g/mol. The highest BCUT2D eigenvalue weighted by atomic mass is 16.5. The van der Waals surface area contributed by atoms with Crippen LogP contribution in [0.3, 0.4) is 0 Å². The largest absolute Gasteiger partial charge is 0.493 e. The molecule has 2 aromatic rings. The van der Waals surface area contributed by atoms with Gasteiger partial charge >= 0.3 is 11.9 Å². The van der Waals surface area contributed by atoms with E-state index < -0.39 is 11.9 Å². The second kappa shape index (κ2) is 8.57. The topological polar surface area (TPSA) is 93.1 Å². The molecular weight excluding hydrogens is 312 g/mol. The maximum atomic E-state index is 11.1. The van der Waals surface area contributed by atoms with Crippen molar-refractivity contribution in [2.45, 2.75) is 12.8 Å². The zero-order valence-corrected chi connectivity index (χ0v) is 13.0. The van der Waals surface area contributed by atoms with Crippen LogP contribution in [0.1, 0.15) is 33.6 Å². The van der Waals surface area contributed by atoms with Crippen molar-refractivity contribution in [2.75, 3.05) is 13.2 Å². The molecule has 2 aromatic carbocycles. The van der Waals surface area contributed by atoms with Gasteiger partial charge in [0.05, 0.1) is 13.2 Å². The van der Waals surface area contributed by atoms with Gasteiger partial charge in [0, 0.05) is 0 Å². The molecule has 0 aliphatic rings. The van der Waals surface area contributed by atoms with Crippen molar-refractivity contribution in [1.29, 1.82) is 0 Å². The fraction of sp³-hybridized carbons (Fsp3) is 0.222. The average molecular weight is 330 g/mol. The summed E-state index contributed by atoms with van der Waals surface area (Å²) in [6, 6.07) is 12.9. The Morgan fingerprint density at radius 1 is 0.708 bits per heavy atom. The van der Waals surface area contributed by atoms with E-state index in [0.717, 1.165) is 0 Å². The minimum Gasteiger partial charge on any atom is -0.493 e. The van der Waals surface area contributed by atoms with Gasteiger partial charge in [-0.05, 0) is 37.1 Å². The Labute approximate surface area is 139 Å². The number of rotatable bonds is 9. The molecule has 0 amide bonds. The molecule has 0 atom stereocenters. The highest BCUT2D eigenvalue weighted by Gasteiger charge is 2.11. The van der Waals surface area contributed by atoms with Crippen LogP contribution < -0.4 is 9.47 Å². The van der Waals surface area contributed by atoms with E-state index in [1.54, 1.807) is 36.4 Å². The number of unbranched alkanes of at least 4 members (excludes halogenated alkanes) is 1. The molecule has 0 heterocycles. The lowest BCUT2D eigenvalue weighted by Gasteiger charge is -2.10. The number of carbonyl (C=O) groups is 2. The van der Waals surface area contributed by atoms with Gasteiger partial charge in [-0.15, -0.1) is 0 Å². The molecule has 6 nitrogen and oxygen atoms in total. The third kappa shape index (κ3) is 4.74. The first-order chi connectivity index (χ1) is 11.6. The highest BCUT2D eigenvalue weighted by molar-refractivity contribution is 5.91. The number of carboxylic acids is 2. The summed E-state index contributed by atoms with van der Waals surface area (Å²) < 4.78 is 11.0. The molecule has 0 unspecified atom stereocenters. The Balaban J connectivity index is 1.75. The van der Waals surface area contributed by atoms with Gasteiger partial charge < -0.3 is 19.7 Å². The number of para-hydroxylation sites is 2. The van der Waals surface area contributed by atoms with E-state index in [4.69, 9.17) is 19.7 Å². The Bertz CT molecular complexity index is 649. The van der Waals surface area contributed by atoms with Gasteiger partial charge in [0.2, 0.25) is 0 Å². The van der Waals surface area contributed by atoms with Crippen molar-refractivity contribution in [1.82, 2.24) is 0 Å². The van der Waals surface area contributed by atoms with Crippen LogP contribution in [-0.4, -0.2) is 35.4 Å². The van der Waals surface area contributed by atoms with E-state index >= 15 is 0 Å². The van der Waals surface area contributed by atoms with E-state index in [2.05, 4.69) is 0 Å². The Morgan fingerprint density at radius 2 is 1.08 bits per heavy atom. The first-order valence-electron chi connectivity index (χ1n) is 7.50. The molecule has 0 saturated heterocycles. The number of carboxylic acid groups (broad SMARTS) is 2. The van der Waals surface area contributed by atoms with Crippen LogP contribution in [-0.2, 0) is 0 Å². The summed E-state index contributed by atoms with van der Waals surface area (Å²) in [5.41, 5.74) is 0.258. The molecule has 126 valence electrons. The Kier molecular flexibility index (Phi) is 6.19. The number of hydrogen-bond acceptors (Lipinski definition) is 4. The van der Waals surface area contributed by atoms with Gasteiger partial charge in [-0.25, -0.2) is 9.59 Å². The third-order valence-electron chi connectivity index (χ3n) is 3.29. The molecule has 0 saturated carbocycles. The zero-order chi connectivity index (χ0) is 17.4. The zero-order valence-electron chi connectivity index (χ0n) is 13.0. The van der Waals surface area contributed by atoms with Crippen LogP contribution in [0.4, 0.5) is 0 Å². The maximum Gasteiger partial charge on any atom is 0.339 e. The highest BCUT2D eigenvalue weighted by Crippen LogP contribution is 2.19. The van der Waals surface area contributed by atoms with E-state index in [9.17, 15) is 9.59 Å². The van der Waals surface area contributed by atoms with E-state index in [1.165, 1.54) is 12.1 Å². The summed E-state index contributed by atoms with van der Waals surface area (Å²) >= 11 is 0. The standard InChI is InChI=1S/C18H18O6/c19-17(20)13-7-1-3-9-15(13)23-11-5-6-12-24-16-10-4-2-8-14(16)18(21)22/h1-4,7-10H,5-6,11-12H2,(H,19,20)(H,21,22). The van der Waals surface area contributed by atoms with E-state index in [1.807, 2.05) is 0 Å². The predicted molar refractivity (Wildman–Crippen MR) is 87.0 cm³/mol. The van der Waals surface area contributed by atoms with Crippen molar-refractivity contribution in [3.05, 3.63) is 59.7 Å². The first-order valence-corrected chi connectivity index (χ1v) is 7.50. The lowest BCUT2D eigenvalue weighted by Crippen LogP contribution is -2.07. The molecule has 0 aliphatic heterocycles. The minimum atomic E-state index is -1.03. The SMILES string of the molecule is O=C(O)c1ccccc1OCCCCOc1ccccc1C(=O)O. The second-order valence-corrected chi connectivity index (χ2v) is 5.01. The van der Waals surface area contributed by atoms with Crippen molar-refractivity contribution >= 4 is 11.9 Å². The van der Waals surface area contributed by atoms with Crippen molar-refractivity contribution in [3.63, 3.8) is 0 Å². The summed E-state index contributed by atoms with van der Waals surface area (Å²) in [7, 11) is 0. The average Bonchev–Trinajstić information content (AvgIpc) is 2.58. The molecular formula is C18H18O6. The van der Waals surface area contributed by atoms with Crippen molar-refractivity contribution in [3.8, 4) is 11.5 Å². The Hall–Kier alpha value is -3.02. The molecule has 0 spiro atoms. The van der Waals surface area contributed by atoms with Crippen LogP contribution in [0.25, 0.3) is 0 Å². The minimum absolute atomic E-state index is 0.129. The van der Waals surface area contributed by atoms with Crippen LogP contribution in [0.15, 0.2) is 48.5 Å². The number of ether oxygens (including phenoxy) is 2. The summed E-state index contributed by atoms with van der Waals surface area (Å²) in [6.45, 7) is 0.711. The van der Waals surface area contributed by atoms with Crippen molar-refractivity contribution < 1.29 is 29.3 Å². The molecule has 0 radical (unpaired) electrons. The van der Waals surface area contributed by atoms with Gasteiger partial charge in [-0.1, -0.05) is 24.3 Å². The lowest BCUT2D eigenvalue weighted by atomic mass is 10.2.